The molecule has 2 aromatic heterocycles. The first-order chi connectivity index (χ1) is 9.72. The van der Waals surface area contributed by atoms with Gasteiger partial charge in [-0.1, -0.05) is 13.3 Å². The summed E-state index contributed by atoms with van der Waals surface area (Å²) in [4.78, 5) is 16.5. The van der Waals surface area contributed by atoms with Crippen molar-refractivity contribution in [1.82, 2.24) is 10.3 Å². The Morgan fingerprint density at radius 2 is 2.30 bits per heavy atom. The number of carbonyl (C=O) groups is 1. The molecule has 0 aliphatic carbocycles. The Labute approximate surface area is 122 Å². The van der Waals surface area contributed by atoms with Crippen LogP contribution in [0.5, 0.6) is 0 Å². The molecule has 0 saturated heterocycles. The van der Waals surface area contributed by atoms with Crippen molar-refractivity contribution < 1.29 is 4.79 Å². The summed E-state index contributed by atoms with van der Waals surface area (Å²) < 4.78 is 0. The molecule has 0 fully saturated rings. The summed E-state index contributed by atoms with van der Waals surface area (Å²) in [7, 11) is 0. The Kier molecular flexibility index (Phi) is 5.09. The van der Waals surface area contributed by atoms with Gasteiger partial charge in [0.2, 0.25) is 0 Å². The lowest BCUT2D eigenvalue weighted by atomic mass is 10.1. The van der Waals surface area contributed by atoms with Gasteiger partial charge in [0.15, 0.2) is 0 Å². The molecule has 2 heterocycles. The lowest BCUT2D eigenvalue weighted by Gasteiger charge is -2.08. The highest BCUT2D eigenvalue weighted by molar-refractivity contribution is 7.07. The minimum absolute atomic E-state index is 0.118. The van der Waals surface area contributed by atoms with E-state index in [1.165, 1.54) is 0 Å². The summed E-state index contributed by atoms with van der Waals surface area (Å²) in [6, 6.07) is 5.46. The maximum absolute atomic E-state index is 12.2. The summed E-state index contributed by atoms with van der Waals surface area (Å²) in [5.74, 6) is 5.78. The molecule has 5 nitrogen and oxygen atoms in total. The summed E-state index contributed by atoms with van der Waals surface area (Å²) in [5.41, 5.74) is 5.04. The number of nitrogens with two attached hydrogens (primary N) is 1. The number of nitrogens with one attached hydrogen (secondary N) is 2. The Morgan fingerprint density at radius 3 is 2.95 bits per heavy atom. The number of amides is 1. The maximum Gasteiger partial charge on any atom is 0.251 e. The second-order valence-electron chi connectivity index (χ2n) is 4.44. The lowest BCUT2D eigenvalue weighted by Crippen LogP contribution is -2.23. The van der Waals surface area contributed by atoms with Crippen LogP contribution in [0.2, 0.25) is 0 Å². The molecule has 0 aliphatic heterocycles. The Hall–Kier alpha value is -1.92. The van der Waals surface area contributed by atoms with Crippen molar-refractivity contribution in [3.63, 3.8) is 0 Å². The predicted octanol–water partition coefficient (Wildman–Crippen LogP) is 2.31. The van der Waals surface area contributed by atoms with E-state index in [1.54, 1.807) is 17.4 Å². The predicted molar refractivity (Wildman–Crippen MR) is 81.5 cm³/mol. The van der Waals surface area contributed by atoms with Crippen LogP contribution in [0.1, 0.15) is 35.0 Å². The molecule has 6 heteroatoms. The van der Waals surface area contributed by atoms with Crippen molar-refractivity contribution in [2.45, 2.75) is 26.3 Å². The summed E-state index contributed by atoms with van der Waals surface area (Å²) in [6.45, 7) is 2.60. The zero-order valence-electron chi connectivity index (χ0n) is 11.3. The number of pyridine rings is 1. The molecule has 0 spiro atoms. The van der Waals surface area contributed by atoms with Gasteiger partial charge in [-0.15, -0.1) is 0 Å². The SMILES string of the molecule is CCCc1cc(C(=O)NCc2ccsc2)cc(NN)n1. The molecule has 0 radical (unpaired) electrons. The van der Waals surface area contributed by atoms with Gasteiger partial charge in [0.25, 0.3) is 5.91 Å². The first-order valence-corrected chi connectivity index (χ1v) is 7.44. The summed E-state index contributed by atoms with van der Waals surface area (Å²) in [5, 5.41) is 6.90. The first-order valence-electron chi connectivity index (χ1n) is 6.49. The number of rotatable bonds is 6. The van der Waals surface area contributed by atoms with E-state index < -0.39 is 0 Å². The van der Waals surface area contributed by atoms with Crippen LogP contribution in [0.4, 0.5) is 5.82 Å². The molecule has 0 unspecified atom stereocenters. The number of nitrogens with zero attached hydrogens (tertiary/aromatic N) is 1. The van der Waals surface area contributed by atoms with Crippen molar-refractivity contribution in [3.05, 3.63) is 45.8 Å². The van der Waals surface area contributed by atoms with Crippen molar-refractivity contribution in [2.75, 3.05) is 5.43 Å². The van der Waals surface area contributed by atoms with Crippen LogP contribution in [0.25, 0.3) is 0 Å². The number of aromatic nitrogens is 1. The van der Waals surface area contributed by atoms with Gasteiger partial charge in [0, 0.05) is 17.8 Å². The Balaban J connectivity index is 2.09. The lowest BCUT2D eigenvalue weighted by molar-refractivity contribution is 0.0950. The molecule has 0 atom stereocenters. The number of hydrogen-bond donors (Lipinski definition) is 3. The number of nitrogen functional groups attached to an aromatic ring is 1. The number of carbonyl (C=O) groups excluding carboxylic acids is 1. The highest BCUT2D eigenvalue weighted by Crippen LogP contribution is 2.12. The average Bonchev–Trinajstić information content (AvgIpc) is 2.98. The highest BCUT2D eigenvalue weighted by Gasteiger charge is 2.09. The number of thiophene rings is 1. The Bertz CT molecular complexity index is 569. The van der Waals surface area contributed by atoms with Gasteiger partial charge in [0.05, 0.1) is 0 Å². The van der Waals surface area contributed by atoms with Crippen LogP contribution in [-0.2, 0) is 13.0 Å². The Morgan fingerprint density at radius 1 is 1.45 bits per heavy atom. The fraction of sp³-hybridized carbons (Fsp3) is 0.286. The summed E-state index contributed by atoms with van der Waals surface area (Å²) >= 11 is 1.61. The van der Waals surface area contributed by atoms with Crippen molar-refractivity contribution in [1.29, 1.82) is 0 Å². The van der Waals surface area contributed by atoms with Crippen molar-refractivity contribution in [2.24, 2.45) is 5.84 Å². The maximum atomic E-state index is 12.2. The van der Waals surface area contributed by atoms with Gasteiger partial charge < -0.3 is 10.7 Å². The normalized spacial score (nSPS) is 10.3. The van der Waals surface area contributed by atoms with E-state index in [0.717, 1.165) is 24.1 Å². The largest absolute Gasteiger partial charge is 0.348 e. The van der Waals surface area contributed by atoms with E-state index in [4.69, 9.17) is 5.84 Å². The number of hydrogen-bond acceptors (Lipinski definition) is 5. The quantitative estimate of drug-likeness (QED) is 0.563. The third kappa shape index (κ3) is 3.79. The molecule has 0 saturated carbocycles. The number of anilines is 1. The first kappa shape index (κ1) is 14.5. The molecule has 106 valence electrons. The van der Waals surface area contributed by atoms with Crippen LogP contribution in [0.15, 0.2) is 29.0 Å². The van der Waals surface area contributed by atoms with Crippen LogP contribution < -0.4 is 16.6 Å². The van der Waals surface area contributed by atoms with E-state index >= 15 is 0 Å². The highest BCUT2D eigenvalue weighted by atomic mass is 32.1. The molecule has 0 aromatic carbocycles. The number of aryl methyl sites for hydroxylation is 1. The van der Waals surface area contributed by atoms with Gasteiger partial charge in [-0.05, 0) is 40.9 Å². The van der Waals surface area contributed by atoms with Crippen molar-refractivity contribution in [3.8, 4) is 0 Å². The molecular formula is C14H18N4OS. The standard InChI is InChI=1S/C14H18N4OS/c1-2-3-12-6-11(7-13(17-12)18-15)14(19)16-8-10-4-5-20-9-10/h4-7,9H,2-3,8,15H2,1H3,(H,16,19)(H,17,18). The second kappa shape index (κ2) is 7.02. The molecule has 1 amide bonds. The van der Waals surface area contributed by atoms with Crippen LogP contribution in [0.3, 0.4) is 0 Å². The molecule has 20 heavy (non-hydrogen) atoms. The zero-order chi connectivity index (χ0) is 14.4. The molecular weight excluding hydrogens is 272 g/mol. The van der Waals surface area contributed by atoms with Gasteiger partial charge in [-0.2, -0.15) is 11.3 Å². The molecule has 0 bridgehead atoms. The minimum atomic E-state index is -0.118. The average molecular weight is 290 g/mol. The number of hydrazine groups is 1. The van der Waals surface area contributed by atoms with Crippen LogP contribution in [0, 0.1) is 0 Å². The monoisotopic (exact) mass is 290 g/mol. The van der Waals surface area contributed by atoms with E-state index in [2.05, 4.69) is 22.7 Å². The fourth-order valence-corrected chi connectivity index (χ4v) is 2.52. The van der Waals surface area contributed by atoms with Gasteiger partial charge in [-0.3, -0.25) is 4.79 Å². The third-order valence-corrected chi connectivity index (χ3v) is 3.56. The molecule has 4 N–H and O–H groups in total. The third-order valence-electron chi connectivity index (χ3n) is 2.83. The second-order valence-corrected chi connectivity index (χ2v) is 5.22. The zero-order valence-corrected chi connectivity index (χ0v) is 12.2. The summed E-state index contributed by atoms with van der Waals surface area (Å²) in [6.07, 6.45) is 1.79. The van der Waals surface area contributed by atoms with E-state index in [9.17, 15) is 4.79 Å². The van der Waals surface area contributed by atoms with E-state index in [1.807, 2.05) is 22.9 Å². The van der Waals surface area contributed by atoms with Gasteiger partial charge in [0.1, 0.15) is 5.82 Å². The van der Waals surface area contributed by atoms with Gasteiger partial charge >= 0.3 is 0 Å². The molecule has 2 aromatic rings. The smallest absolute Gasteiger partial charge is 0.251 e. The topological polar surface area (TPSA) is 80.0 Å². The van der Waals surface area contributed by atoms with Crippen molar-refractivity contribution >= 4 is 23.1 Å². The molecule has 2 rings (SSSR count). The van der Waals surface area contributed by atoms with E-state index in [-0.39, 0.29) is 5.91 Å². The van der Waals surface area contributed by atoms with Crippen LogP contribution in [-0.4, -0.2) is 10.9 Å². The minimum Gasteiger partial charge on any atom is -0.348 e. The van der Waals surface area contributed by atoms with Gasteiger partial charge in [-0.25, -0.2) is 10.8 Å². The van der Waals surface area contributed by atoms with Crippen LogP contribution >= 0.6 is 11.3 Å². The fourth-order valence-electron chi connectivity index (χ4n) is 1.85. The van der Waals surface area contributed by atoms with E-state index in [0.29, 0.717) is 17.9 Å². The molecule has 0 aliphatic rings.